The highest BCUT2D eigenvalue weighted by molar-refractivity contribution is 5.21. The molecule has 1 heterocycles. The molecule has 102 valence electrons. The maximum absolute atomic E-state index is 13.7. The molecule has 3 nitrogen and oxygen atoms in total. The fourth-order valence-electron chi connectivity index (χ4n) is 2.25. The Morgan fingerprint density at radius 3 is 2.74 bits per heavy atom. The van der Waals surface area contributed by atoms with Crippen LogP contribution in [0.1, 0.15) is 30.6 Å². The van der Waals surface area contributed by atoms with E-state index in [1.807, 2.05) is 29.9 Å². The molecule has 0 spiro atoms. The molecule has 1 aromatic heterocycles. The van der Waals surface area contributed by atoms with Crippen LogP contribution in [0.4, 0.5) is 4.39 Å². The first-order chi connectivity index (χ1) is 9.22. The molecule has 0 aliphatic rings. The maximum Gasteiger partial charge on any atom is 0.127 e. The molecular weight excluding hydrogens is 241 g/mol. The van der Waals surface area contributed by atoms with Gasteiger partial charge in [0, 0.05) is 43.5 Å². The monoisotopic (exact) mass is 261 g/mol. The third-order valence-electron chi connectivity index (χ3n) is 3.38. The van der Waals surface area contributed by atoms with E-state index < -0.39 is 0 Å². The normalized spacial score (nSPS) is 12.6. The van der Waals surface area contributed by atoms with Gasteiger partial charge < -0.3 is 5.32 Å². The van der Waals surface area contributed by atoms with Crippen molar-refractivity contribution in [2.75, 3.05) is 6.54 Å². The molecule has 1 aromatic carbocycles. The molecule has 0 saturated heterocycles. The van der Waals surface area contributed by atoms with Crippen molar-refractivity contribution < 1.29 is 4.39 Å². The number of aryl methyl sites for hydroxylation is 1. The molecule has 4 heteroatoms. The zero-order chi connectivity index (χ0) is 13.7. The topological polar surface area (TPSA) is 29.9 Å². The summed E-state index contributed by atoms with van der Waals surface area (Å²) in [6.07, 6.45) is 3.55. The summed E-state index contributed by atoms with van der Waals surface area (Å²) in [7, 11) is 1.93. The van der Waals surface area contributed by atoms with Crippen LogP contribution in [0.25, 0.3) is 0 Å². The molecule has 1 atom stereocenters. The van der Waals surface area contributed by atoms with Gasteiger partial charge >= 0.3 is 0 Å². The van der Waals surface area contributed by atoms with E-state index >= 15 is 0 Å². The van der Waals surface area contributed by atoms with E-state index in [0.717, 1.165) is 24.9 Å². The highest BCUT2D eigenvalue weighted by Gasteiger charge is 2.12. The van der Waals surface area contributed by atoms with Crippen molar-refractivity contribution >= 4 is 0 Å². The van der Waals surface area contributed by atoms with Gasteiger partial charge in [-0.2, -0.15) is 5.10 Å². The Morgan fingerprint density at radius 1 is 1.32 bits per heavy atom. The van der Waals surface area contributed by atoms with Crippen LogP contribution in [0, 0.1) is 5.82 Å². The molecule has 1 unspecified atom stereocenters. The standard InChI is InChI=1S/C15H20FN3/c1-3-15(13-6-4-5-7-14(13)16)17-10-8-12-9-11-18-19(12)2/h4-7,9,11,15,17H,3,8,10H2,1-2H3. The van der Waals surface area contributed by atoms with Crippen LogP contribution in [0.5, 0.6) is 0 Å². The fourth-order valence-corrected chi connectivity index (χ4v) is 2.25. The minimum atomic E-state index is -0.137. The second kappa shape index (κ2) is 6.48. The van der Waals surface area contributed by atoms with E-state index in [1.165, 1.54) is 11.8 Å². The largest absolute Gasteiger partial charge is 0.309 e. The van der Waals surface area contributed by atoms with Crippen LogP contribution in [0.3, 0.4) is 0 Å². The van der Waals surface area contributed by atoms with E-state index in [9.17, 15) is 4.39 Å². The number of aromatic nitrogens is 2. The number of nitrogens with zero attached hydrogens (tertiary/aromatic N) is 2. The summed E-state index contributed by atoms with van der Waals surface area (Å²) >= 11 is 0. The third kappa shape index (κ3) is 3.41. The molecule has 0 aliphatic heterocycles. The average Bonchev–Trinajstić information content (AvgIpc) is 2.82. The number of hydrogen-bond donors (Lipinski definition) is 1. The van der Waals surface area contributed by atoms with Crippen LogP contribution in [-0.2, 0) is 13.5 Å². The quantitative estimate of drug-likeness (QED) is 0.866. The first-order valence-corrected chi connectivity index (χ1v) is 6.67. The number of benzene rings is 1. The van der Waals surface area contributed by atoms with Gasteiger partial charge in [-0.15, -0.1) is 0 Å². The zero-order valence-electron chi connectivity index (χ0n) is 11.4. The van der Waals surface area contributed by atoms with Crippen molar-refractivity contribution in [3.05, 3.63) is 53.6 Å². The first-order valence-electron chi connectivity index (χ1n) is 6.67. The lowest BCUT2D eigenvalue weighted by atomic mass is 10.0. The van der Waals surface area contributed by atoms with Crippen molar-refractivity contribution in [3.8, 4) is 0 Å². The summed E-state index contributed by atoms with van der Waals surface area (Å²) in [4.78, 5) is 0. The highest BCUT2D eigenvalue weighted by Crippen LogP contribution is 2.19. The van der Waals surface area contributed by atoms with Gasteiger partial charge in [0.25, 0.3) is 0 Å². The molecule has 0 amide bonds. The smallest absolute Gasteiger partial charge is 0.127 e. The summed E-state index contributed by atoms with van der Waals surface area (Å²) in [5.41, 5.74) is 1.92. The molecule has 0 saturated carbocycles. The fraction of sp³-hybridized carbons (Fsp3) is 0.400. The van der Waals surface area contributed by atoms with Gasteiger partial charge in [-0.25, -0.2) is 4.39 Å². The van der Waals surface area contributed by atoms with E-state index in [1.54, 1.807) is 12.3 Å². The lowest BCUT2D eigenvalue weighted by molar-refractivity contribution is 0.487. The molecule has 2 aromatic rings. The number of rotatable bonds is 6. The van der Waals surface area contributed by atoms with Crippen molar-refractivity contribution in [2.24, 2.45) is 7.05 Å². The Labute approximate surface area is 113 Å². The van der Waals surface area contributed by atoms with Gasteiger partial charge in [0.05, 0.1) is 0 Å². The Hall–Kier alpha value is -1.68. The Kier molecular flexibility index (Phi) is 4.68. The van der Waals surface area contributed by atoms with Gasteiger partial charge in [0.15, 0.2) is 0 Å². The summed E-state index contributed by atoms with van der Waals surface area (Å²) < 4.78 is 15.6. The molecule has 2 rings (SSSR count). The molecule has 1 N–H and O–H groups in total. The zero-order valence-corrected chi connectivity index (χ0v) is 11.4. The van der Waals surface area contributed by atoms with Crippen LogP contribution in [0.15, 0.2) is 36.5 Å². The Morgan fingerprint density at radius 2 is 2.11 bits per heavy atom. The molecular formula is C15H20FN3. The van der Waals surface area contributed by atoms with Crippen molar-refractivity contribution in [3.63, 3.8) is 0 Å². The van der Waals surface area contributed by atoms with Gasteiger partial charge in [-0.05, 0) is 18.6 Å². The lowest BCUT2D eigenvalue weighted by Crippen LogP contribution is -2.24. The second-order valence-electron chi connectivity index (χ2n) is 4.63. The summed E-state index contributed by atoms with van der Waals surface area (Å²) in [6, 6.07) is 9.03. The van der Waals surface area contributed by atoms with Gasteiger partial charge in [-0.3, -0.25) is 4.68 Å². The van der Waals surface area contributed by atoms with E-state index in [-0.39, 0.29) is 11.9 Å². The predicted molar refractivity (Wildman–Crippen MR) is 74.3 cm³/mol. The Bertz CT molecular complexity index is 522. The minimum absolute atomic E-state index is 0.0643. The predicted octanol–water partition coefficient (Wildman–Crippen LogP) is 2.84. The van der Waals surface area contributed by atoms with E-state index in [4.69, 9.17) is 0 Å². The number of halogens is 1. The first kappa shape index (κ1) is 13.7. The lowest BCUT2D eigenvalue weighted by Gasteiger charge is -2.18. The van der Waals surface area contributed by atoms with Gasteiger partial charge in [0.2, 0.25) is 0 Å². The molecule has 0 bridgehead atoms. The van der Waals surface area contributed by atoms with E-state index in [0.29, 0.717) is 0 Å². The number of nitrogens with one attached hydrogen (secondary N) is 1. The van der Waals surface area contributed by atoms with Crippen molar-refractivity contribution in [2.45, 2.75) is 25.8 Å². The molecule has 0 fully saturated rings. The minimum Gasteiger partial charge on any atom is -0.309 e. The summed E-state index contributed by atoms with van der Waals surface area (Å²) in [5, 5.41) is 7.55. The van der Waals surface area contributed by atoms with Crippen LogP contribution in [-0.4, -0.2) is 16.3 Å². The second-order valence-corrected chi connectivity index (χ2v) is 4.63. The van der Waals surface area contributed by atoms with Crippen molar-refractivity contribution in [1.29, 1.82) is 0 Å². The average molecular weight is 261 g/mol. The molecule has 0 radical (unpaired) electrons. The third-order valence-corrected chi connectivity index (χ3v) is 3.38. The molecule has 0 aliphatic carbocycles. The van der Waals surface area contributed by atoms with Crippen LogP contribution >= 0.6 is 0 Å². The SMILES string of the molecule is CCC(NCCc1ccnn1C)c1ccccc1F. The Balaban J connectivity index is 1.93. The van der Waals surface area contributed by atoms with Crippen LogP contribution < -0.4 is 5.32 Å². The summed E-state index contributed by atoms with van der Waals surface area (Å²) in [5.74, 6) is -0.137. The van der Waals surface area contributed by atoms with Gasteiger partial charge in [0.1, 0.15) is 5.82 Å². The number of hydrogen-bond acceptors (Lipinski definition) is 2. The van der Waals surface area contributed by atoms with Gasteiger partial charge in [-0.1, -0.05) is 25.1 Å². The highest BCUT2D eigenvalue weighted by atomic mass is 19.1. The summed E-state index contributed by atoms with van der Waals surface area (Å²) in [6.45, 7) is 2.88. The van der Waals surface area contributed by atoms with Crippen molar-refractivity contribution in [1.82, 2.24) is 15.1 Å². The molecule has 19 heavy (non-hydrogen) atoms. The maximum atomic E-state index is 13.7. The van der Waals surface area contributed by atoms with E-state index in [2.05, 4.69) is 17.3 Å². The van der Waals surface area contributed by atoms with Crippen LogP contribution in [0.2, 0.25) is 0 Å².